The number of nitro benzene ring substituents is 1. The van der Waals surface area contributed by atoms with Crippen LogP contribution < -0.4 is 14.8 Å². The van der Waals surface area contributed by atoms with Gasteiger partial charge in [-0.1, -0.05) is 42.2 Å². The first kappa shape index (κ1) is 20.8. The Morgan fingerprint density at radius 1 is 1.26 bits per heavy atom. The molecule has 1 N–H and O–H groups in total. The number of benzene rings is 2. The fourth-order valence-corrected chi connectivity index (χ4v) is 4.32. The lowest BCUT2D eigenvalue weighted by Crippen LogP contribution is -2.31. The predicted octanol–water partition coefficient (Wildman–Crippen LogP) is 3.55. The number of rotatable bonds is 6. The quantitative estimate of drug-likeness (QED) is 0.303. The van der Waals surface area contributed by atoms with Crippen molar-refractivity contribution in [2.75, 3.05) is 18.7 Å². The second kappa shape index (κ2) is 8.74. The average molecular weight is 457 g/mol. The number of hydrogen-bond donors (Lipinski definition) is 1. The number of carbonyl (C=O) groups excluding carboxylic acids is 2. The Hall–Kier alpha value is -3.44. The molecule has 0 bridgehead atoms. The molecule has 11 heteroatoms. The molecule has 0 unspecified atom stereocenters. The lowest BCUT2D eigenvalue weighted by molar-refractivity contribution is -0.383. The standard InChI is InChI=1S/C20H15N3O6S2/c24-18(21-13-3-1-2-4-14(13)23(26)27)7-8-22-19(25)17(31-20(22)30)10-12-5-6-15-16(9-12)29-11-28-15/h1-6,9-10H,7-8,11H2,(H,21,24)/b17-10-. The minimum atomic E-state index is -0.571. The summed E-state index contributed by atoms with van der Waals surface area (Å²) >= 11 is 6.44. The number of anilines is 1. The summed E-state index contributed by atoms with van der Waals surface area (Å²) in [6, 6.07) is 11.2. The molecule has 0 radical (unpaired) electrons. The van der Waals surface area contributed by atoms with Crippen molar-refractivity contribution in [1.29, 1.82) is 0 Å². The zero-order valence-electron chi connectivity index (χ0n) is 15.9. The van der Waals surface area contributed by atoms with E-state index in [0.29, 0.717) is 20.7 Å². The Balaban J connectivity index is 1.39. The van der Waals surface area contributed by atoms with Gasteiger partial charge < -0.3 is 14.8 Å². The topological polar surface area (TPSA) is 111 Å². The molecule has 2 aliphatic heterocycles. The molecule has 0 spiro atoms. The Kier molecular flexibility index (Phi) is 5.87. The third-order valence-corrected chi connectivity index (χ3v) is 5.88. The van der Waals surface area contributed by atoms with Crippen molar-refractivity contribution >= 4 is 57.6 Å². The van der Waals surface area contributed by atoms with Crippen LogP contribution in [-0.4, -0.2) is 39.3 Å². The molecule has 2 heterocycles. The molecule has 1 fully saturated rings. The van der Waals surface area contributed by atoms with Gasteiger partial charge in [-0.25, -0.2) is 0 Å². The van der Waals surface area contributed by atoms with Gasteiger partial charge in [0.1, 0.15) is 10.0 Å². The molecule has 1 saturated heterocycles. The fourth-order valence-electron chi connectivity index (χ4n) is 3.01. The first-order chi connectivity index (χ1) is 14.9. The summed E-state index contributed by atoms with van der Waals surface area (Å²) in [5.74, 6) is 0.500. The van der Waals surface area contributed by atoms with E-state index in [4.69, 9.17) is 21.7 Å². The molecule has 0 atom stereocenters. The fraction of sp³-hybridized carbons (Fsp3) is 0.150. The summed E-state index contributed by atoms with van der Waals surface area (Å²) < 4.78 is 11.0. The van der Waals surface area contributed by atoms with Crippen LogP contribution in [0.2, 0.25) is 0 Å². The van der Waals surface area contributed by atoms with Crippen molar-refractivity contribution in [3.05, 3.63) is 63.0 Å². The van der Waals surface area contributed by atoms with Crippen molar-refractivity contribution in [2.24, 2.45) is 0 Å². The van der Waals surface area contributed by atoms with Crippen LogP contribution in [-0.2, 0) is 9.59 Å². The third kappa shape index (κ3) is 4.52. The van der Waals surface area contributed by atoms with Gasteiger partial charge >= 0.3 is 0 Å². The van der Waals surface area contributed by atoms with Gasteiger partial charge in [-0.3, -0.25) is 24.6 Å². The molecule has 0 saturated carbocycles. The number of carbonyl (C=O) groups is 2. The van der Waals surface area contributed by atoms with E-state index >= 15 is 0 Å². The maximum absolute atomic E-state index is 12.7. The Morgan fingerprint density at radius 2 is 2.03 bits per heavy atom. The van der Waals surface area contributed by atoms with Crippen LogP contribution in [0.15, 0.2) is 47.4 Å². The molecule has 2 aromatic carbocycles. The predicted molar refractivity (Wildman–Crippen MR) is 119 cm³/mol. The van der Waals surface area contributed by atoms with E-state index in [9.17, 15) is 19.7 Å². The second-order valence-electron chi connectivity index (χ2n) is 6.52. The minimum absolute atomic E-state index is 0.0597. The van der Waals surface area contributed by atoms with Crippen LogP contribution in [0.25, 0.3) is 6.08 Å². The van der Waals surface area contributed by atoms with Crippen LogP contribution in [0.3, 0.4) is 0 Å². The van der Waals surface area contributed by atoms with Crippen molar-refractivity contribution in [3.63, 3.8) is 0 Å². The van der Waals surface area contributed by atoms with E-state index in [1.54, 1.807) is 30.3 Å². The van der Waals surface area contributed by atoms with Gasteiger partial charge in [0.05, 0.1) is 9.83 Å². The second-order valence-corrected chi connectivity index (χ2v) is 8.19. The Labute approximate surface area is 186 Å². The molecule has 2 aliphatic rings. The molecule has 31 heavy (non-hydrogen) atoms. The summed E-state index contributed by atoms with van der Waals surface area (Å²) in [6.07, 6.45) is 1.64. The normalized spacial score (nSPS) is 16.1. The highest BCUT2D eigenvalue weighted by atomic mass is 32.2. The molecule has 158 valence electrons. The van der Waals surface area contributed by atoms with Gasteiger partial charge in [-0.15, -0.1) is 0 Å². The van der Waals surface area contributed by atoms with Gasteiger partial charge in [0.25, 0.3) is 11.6 Å². The SMILES string of the molecule is O=C(CCN1C(=O)/C(=C/c2ccc3c(c2)OCO3)SC1=S)Nc1ccccc1[N+](=O)[O-]. The van der Waals surface area contributed by atoms with Gasteiger partial charge in [0.15, 0.2) is 11.5 Å². The van der Waals surface area contributed by atoms with Crippen LogP contribution in [0.1, 0.15) is 12.0 Å². The van der Waals surface area contributed by atoms with Crippen LogP contribution in [0, 0.1) is 10.1 Å². The number of nitro groups is 1. The largest absolute Gasteiger partial charge is 0.454 e. The maximum Gasteiger partial charge on any atom is 0.292 e. The van der Waals surface area contributed by atoms with E-state index in [2.05, 4.69) is 5.32 Å². The molecular formula is C20H15N3O6S2. The number of amides is 2. The highest BCUT2D eigenvalue weighted by Crippen LogP contribution is 2.36. The molecule has 4 rings (SSSR count). The lowest BCUT2D eigenvalue weighted by Gasteiger charge is -2.14. The zero-order chi connectivity index (χ0) is 22.0. The van der Waals surface area contributed by atoms with Crippen molar-refractivity contribution < 1.29 is 24.0 Å². The number of para-hydroxylation sites is 2. The number of nitrogens with one attached hydrogen (secondary N) is 1. The number of nitrogens with zero attached hydrogens (tertiary/aromatic N) is 2. The van der Waals surface area contributed by atoms with Gasteiger partial charge in [-0.2, -0.15) is 0 Å². The summed E-state index contributed by atoms with van der Waals surface area (Å²) in [5, 5.41) is 13.6. The van der Waals surface area contributed by atoms with Gasteiger partial charge in [-0.05, 0) is 29.8 Å². The van der Waals surface area contributed by atoms with E-state index in [0.717, 1.165) is 17.3 Å². The Morgan fingerprint density at radius 3 is 2.84 bits per heavy atom. The Bertz CT molecular complexity index is 1130. The van der Waals surface area contributed by atoms with Crippen LogP contribution in [0.5, 0.6) is 11.5 Å². The molecular weight excluding hydrogens is 442 g/mol. The van der Waals surface area contributed by atoms with E-state index in [1.807, 2.05) is 0 Å². The highest BCUT2D eigenvalue weighted by molar-refractivity contribution is 8.26. The smallest absolute Gasteiger partial charge is 0.292 e. The summed E-state index contributed by atoms with van der Waals surface area (Å²) in [5.41, 5.74) is 0.664. The van der Waals surface area contributed by atoms with Crippen LogP contribution in [0.4, 0.5) is 11.4 Å². The van der Waals surface area contributed by atoms with Crippen molar-refractivity contribution in [1.82, 2.24) is 4.90 Å². The van der Waals surface area contributed by atoms with E-state index in [-0.39, 0.29) is 37.0 Å². The van der Waals surface area contributed by atoms with Crippen molar-refractivity contribution in [2.45, 2.75) is 6.42 Å². The summed E-state index contributed by atoms with van der Waals surface area (Å²) in [6.45, 7) is 0.227. The van der Waals surface area contributed by atoms with Gasteiger partial charge in [0, 0.05) is 19.0 Å². The number of fused-ring (bicyclic) bond motifs is 1. The summed E-state index contributed by atoms with van der Waals surface area (Å²) in [7, 11) is 0. The maximum atomic E-state index is 12.7. The number of thioether (sulfide) groups is 1. The molecule has 9 nitrogen and oxygen atoms in total. The molecule has 0 aliphatic carbocycles. The van der Waals surface area contributed by atoms with Crippen LogP contribution >= 0.6 is 24.0 Å². The number of thiocarbonyl (C=S) groups is 1. The number of hydrogen-bond acceptors (Lipinski definition) is 8. The number of ether oxygens (including phenoxy) is 2. The zero-order valence-corrected chi connectivity index (χ0v) is 17.5. The lowest BCUT2D eigenvalue weighted by atomic mass is 10.2. The van der Waals surface area contributed by atoms with E-state index in [1.165, 1.54) is 23.1 Å². The molecule has 0 aromatic heterocycles. The highest BCUT2D eigenvalue weighted by Gasteiger charge is 2.32. The monoisotopic (exact) mass is 457 g/mol. The van der Waals surface area contributed by atoms with E-state index < -0.39 is 10.8 Å². The van der Waals surface area contributed by atoms with Gasteiger partial charge in [0.2, 0.25) is 12.7 Å². The van der Waals surface area contributed by atoms with Crippen molar-refractivity contribution in [3.8, 4) is 11.5 Å². The summed E-state index contributed by atoms with van der Waals surface area (Å²) in [4.78, 5) is 37.3. The third-order valence-electron chi connectivity index (χ3n) is 4.51. The molecule has 2 aromatic rings. The average Bonchev–Trinajstić information content (AvgIpc) is 3.31. The first-order valence-corrected chi connectivity index (χ1v) is 10.3. The molecule has 2 amide bonds. The first-order valence-electron chi connectivity index (χ1n) is 9.10. The minimum Gasteiger partial charge on any atom is -0.454 e.